The molecule has 0 bridgehead atoms. The third-order valence-corrected chi connectivity index (χ3v) is 2.06. The number of piperidine rings is 1. The van der Waals surface area contributed by atoms with Crippen LogP contribution in [0.3, 0.4) is 0 Å². The monoisotopic (exact) mass is 158 g/mol. The van der Waals surface area contributed by atoms with Gasteiger partial charge >= 0.3 is 5.97 Å². The highest BCUT2D eigenvalue weighted by molar-refractivity contribution is 5.73. The fraction of sp³-hybridized carbons (Fsp3) is 0.857. The van der Waals surface area contributed by atoms with Gasteiger partial charge in [0.1, 0.15) is 6.04 Å². The molecule has 4 heteroatoms. The summed E-state index contributed by atoms with van der Waals surface area (Å²) in [6.45, 7) is 0.532. The van der Waals surface area contributed by atoms with Crippen LogP contribution in [0.15, 0.2) is 0 Å². The molecular weight excluding hydrogens is 144 g/mol. The number of rotatable bonds is 2. The van der Waals surface area contributed by atoms with Gasteiger partial charge < -0.3 is 16.2 Å². The molecular formula is C7H14N2O2. The number of carboxylic acids is 1. The predicted octanol–water partition coefficient (Wildman–Crippen LogP) is -0.460. The van der Waals surface area contributed by atoms with Gasteiger partial charge in [0.2, 0.25) is 0 Å². The summed E-state index contributed by atoms with van der Waals surface area (Å²) in [5, 5.41) is 11.6. The molecule has 0 aromatic rings. The molecule has 0 radical (unpaired) electrons. The summed E-state index contributed by atoms with van der Waals surface area (Å²) in [5.41, 5.74) is 5.41. The molecule has 1 aliphatic heterocycles. The Bertz CT molecular complexity index is 149. The van der Waals surface area contributed by atoms with Crippen LogP contribution in [0.1, 0.15) is 19.3 Å². The van der Waals surface area contributed by atoms with E-state index in [-0.39, 0.29) is 12.1 Å². The normalized spacial score (nSPS) is 31.7. The van der Waals surface area contributed by atoms with E-state index in [1.54, 1.807) is 0 Å². The topological polar surface area (TPSA) is 75.4 Å². The van der Waals surface area contributed by atoms with Crippen molar-refractivity contribution in [2.45, 2.75) is 31.3 Å². The SMILES string of the molecule is NCC1CCCC(C(=O)O)N1. The average molecular weight is 158 g/mol. The predicted molar refractivity (Wildman–Crippen MR) is 41.3 cm³/mol. The summed E-state index contributed by atoms with van der Waals surface area (Å²) in [7, 11) is 0. The van der Waals surface area contributed by atoms with E-state index in [4.69, 9.17) is 10.8 Å². The first kappa shape index (κ1) is 8.49. The van der Waals surface area contributed by atoms with E-state index in [1.807, 2.05) is 0 Å². The zero-order valence-electron chi connectivity index (χ0n) is 6.42. The van der Waals surface area contributed by atoms with Crippen molar-refractivity contribution in [1.29, 1.82) is 0 Å². The lowest BCUT2D eigenvalue weighted by atomic mass is 9.99. The molecule has 0 aromatic carbocycles. The third kappa shape index (κ3) is 2.17. The lowest BCUT2D eigenvalue weighted by Gasteiger charge is -2.27. The van der Waals surface area contributed by atoms with Gasteiger partial charge in [0, 0.05) is 12.6 Å². The lowest BCUT2D eigenvalue weighted by Crippen LogP contribution is -2.49. The van der Waals surface area contributed by atoms with Crippen LogP contribution in [0.2, 0.25) is 0 Å². The van der Waals surface area contributed by atoms with Gasteiger partial charge in [-0.3, -0.25) is 4.79 Å². The van der Waals surface area contributed by atoms with Crippen LogP contribution in [-0.2, 0) is 4.79 Å². The highest BCUT2D eigenvalue weighted by atomic mass is 16.4. The average Bonchev–Trinajstić information content (AvgIpc) is 2.05. The van der Waals surface area contributed by atoms with E-state index >= 15 is 0 Å². The number of nitrogens with two attached hydrogens (primary N) is 1. The van der Waals surface area contributed by atoms with Crippen molar-refractivity contribution < 1.29 is 9.90 Å². The Morgan fingerprint density at radius 3 is 2.91 bits per heavy atom. The molecule has 2 unspecified atom stereocenters. The van der Waals surface area contributed by atoms with Crippen LogP contribution in [0.5, 0.6) is 0 Å². The molecule has 1 heterocycles. The van der Waals surface area contributed by atoms with Crippen LogP contribution in [0.25, 0.3) is 0 Å². The molecule has 2 atom stereocenters. The van der Waals surface area contributed by atoms with Crippen molar-refractivity contribution in [1.82, 2.24) is 5.32 Å². The second-order valence-electron chi connectivity index (χ2n) is 2.92. The first-order valence-corrected chi connectivity index (χ1v) is 3.93. The number of hydrogen-bond donors (Lipinski definition) is 3. The minimum absolute atomic E-state index is 0.199. The molecule has 0 aliphatic carbocycles. The number of aliphatic carboxylic acids is 1. The van der Waals surface area contributed by atoms with Gasteiger partial charge in [-0.1, -0.05) is 0 Å². The molecule has 1 fully saturated rings. The second-order valence-corrected chi connectivity index (χ2v) is 2.92. The Morgan fingerprint density at radius 2 is 2.36 bits per heavy atom. The van der Waals surface area contributed by atoms with Gasteiger partial charge in [0.25, 0.3) is 0 Å². The van der Waals surface area contributed by atoms with Gasteiger partial charge in [0.05, 0.1) is 0 Å². The maximum Gasteiger partial charge on any atom is 0.320 e. The molecule has 4 N–H and O–H groups in total. The quantitative estimate of drug-likeness (QED) is 0.508. The van der Waals surface area contributed by atoms with E-state index < -0.39 is 5.97 Å². The fourth-order valence-corrected chi connectivity index (χ4v) is 1.40. The smallest absolute Gasteiger partial charge is 0.320 e. The van der Waals surface area contributed by atoms with Gasteiger partial charge in [-0.2, -0.15) is 0 Å². The molecule has 1 aliphatic rings. The summed E-state index contributed by atoms with van der Waals surface area (Å²) in [6, 6.07) is -0.179. The van der Waals surface area contributed by atoms with E-state index in [0.29, 0.717) is 6.54 Å². The highest BCUT2D eigenvalue weighted by Gasteiger charge is 2.24. The van der Waals surface area contributed by atoms with Crippen molar-refractivity contribution in [3.63, 3.8) is 0 Å². The minimum atomic E-state index is -0.761. The largest absolute Gasteiger partial charge is 0.480 e. The number of carbonyl (C=O) groups is 1. The van der Waals surface area contributed by atoms with Crippen LogP contribution >= 0.6 is 0 Å². The number of carboxylic acid groups (broad SMARTS) is 1. The second kappa shape index (κ2) is 3.69. The van der Waals surface area contributed by atoms with Gasteiger partial charge in [-0.05, 0) is 19.3 Å². The van der Waals surface area contributed by atoms with Crippen molar-refractivity contribution in [2.24, 2.45) is 5.73 Å². The van der Waals surface area contributed by atoms with E-state index in [0.717, 1.165) is 19.3 Å². The van der Waals surface area contributed by atoms with E-state index in [2.05, 4.69) is 5.32 Å². The lowest BCUT2D eigenvalue weighted by molar-refractivity contribution is -0.140. The van der Waals surface area contributed by atoms with Gasteiger partial charge in [-0.25, -0.2) is 0 Å². The first-order chi connectivity index (χ1) is 5.24. The fourth-order valence-electron chi connectivity index (χ4n) is 1.40. The summed E-state index contributed by atoms with van der Waals surface area (Å²) in [4.78, 5) is 10.5. The molecule has 11 heavy (non-hydrogen) atoms. The maximum atomic E-state index is 10.5. The van der Waals surface area contributed by atoms with Gasteiger partial charge in [0.15, 0.2) is 0 Å². The highest BCUT2D eigenvalue weighted by Crippen LogP contribution is 2.11. The van der Waals surface area contributed by atoms with E-state index in [9.17, 15) is 4.79 Å². The molecule has 64 valence electrons. The molecule has 0 spiro atoms. The van der Waals surface area contributed by atoms with Crippen LogP contribution in [0, 0.1) is 0 Å². The van der Waals surface area contributed by atoms with Crippen LogP contribution < -0.4 is 11.1 Å². The van der Waals surface area contributed by atoms with Crippen LogP contribution in [-0.4, -0.2) is 29.7 Å². The first-order valence-electron chi connectivity index (χ1n) is 3.93. The molecule has 1 rings (SSSR count). The summed E-state index contributed by atoms with van der Waals surface area (Å²) in [6.07, 6.45) is 2.69. The Kier molecular flexibility index (Phi) is 2.84. The minimum Gasteiger partial charge on any atom is -0.480 e. The Hall–Kier alpha value is -0.610. The van der Waals surface area contributed by atoms with E-state index in [1.165, 1.54) is 0 Å². The van der Waals surface area contributed by atoms with Crippen molar-refractivity contribution in [3.8, 4) is 0 Å². The van der Waals surface area contributed by atoms with Crippen molar-refractivity contribution in [2.75, 3.05) is 6.54 Å². The molecule has 0 amide bonds. The van der Waals surface area contributed by atoms with Crippen LogP contribution in [0.4, 0.5) is 0 Å². The zero-order chi connectivity index (χ0) is 8.27. The van der Waals surface area contributed by atoms with Gasteiger partial charge in [-0.15, -0.1) is 0 Å². The Balaban J connectivity index is 2.39. The molecule has 0 saturated carbocycles. The molecule has 4 nitrogen and oxygen atoms in total. The number of hydrogen-bond acceptors (Lipinski definition) is 3. The summed E-state index contributed by atoms with van der Waals surface area (Å²) < 4.78 is 0. The molecule has 1 saturated heterocycles. The summed E-state index contributed by atoms with van der Waals surface area (Å²) in [5.74, 6) is -0.761. The van der Waals surface area contributed by atoms with Crippen molar-refractivity contribution >= 4 is 5.97 Å². The Morgan fingerprint density at radius 1 is 1.64 bits per heavy atom. The molecule has 0 aromatic heterocycles. The summed E-state index contributed by atoms with van der Waals surface area (Å²) >= 11 is 0. The number of nitrogens with one attached hydrogen (secondary N) is 1. The van der Waals surface area contributed by atoms with Crippen molar-refractivity contribution in [3.05, 3.63) is 0 Å². The maximum absolute atomic E-state index is 10.5. The Labute approximate surface area is 65.8 Å². The zero-order valence-corrected chi connectivity index (χ0v) is 6.42. The third-order valence-electron chi connectivity index (χ3n) is 2.06. The standard InChI is InChI=1S/C7H14N2O2/c8-4-5-2-1-3-6(9-5)7(10)11/h5-6,9H,1-4,8H2,(H,10,11).